The first kappa shape index (κ1) is 7.89. The van der Waals surface area contributed by atoms with Crippen LogP contribution in [0.5, 0.6) is 0 Å². The molecule has 0 aliphatic heterocycles. The van der Waals surface area contributed by atoms with Crippen LogP contribution in [0.3, 0.4) is 0 Å². The van der Waals surface area contributed by atoms with Gasteiger partial charge in [-0.3, -0.25) is 0 Å². The zero-order valence-electron chi connectivity index (χ0n) is 5.34. The number of allylic oxidation sites excluding steroid dienone is 4. The van der Waals surface area contributed by atoms with E-state index in [1.807, 2.05) is 0 Å². The van der Waals surface area contributed by atoms with Crippen molar-refractivity contribution in [1.29, 1.82) is 0 Å². The third kappa shape index (κ3) is 3.47. The summed E-state index contributed by atoms with van der Waals surface area (Å²) in [5.41, 5.74) is 0.903. The first-order valence-corrected chi connectivity index (χ1v) is 2.72. The number of carbonyl (C=O) groups is 1. The summed E-state index contributed by atoms with van der Waals surface area (Å²) in [4.78, 5) is 9.93. The van der Waals surface area contributed by atoms with Crippen molar-refractivity contribution < 1.29 is 4.79 Å². The van der Waals surface area contributed by atoms with Crippen LogP contribution in [-0.4, -0.2) is 6.29 Å². The Labute approximate surface area is 55.4 Å². The monoisotopic (exact) mass is 122 g/mol. The molecule has 0 saturated heterocycles. The Bertz CT molecular complexity index is 143. The molecule has 1 nitrogen and oxygen atoms in total. The molecule has 0 saturated carbocycles. The highest BCUT2D eigenvalue weighted by Gasteiger charge is 1.84. The summed E-state index contributed by atoms with van der Waals surface area (Å²) in [5, 5.41) is 0. The van der Waals surface area contributed by atoms with Crippen molar-refractivity contribution in [3.8, 4) is 0 Å². The Morgan fingerprint density at radius 1 is 1.44 bits per heavy atom. The molecule has 0 aromatic rings. The van der Waals surface area contributed by atoms with Crippen LogP contribution < -0.4 is 0 Å². The number of rotatable bonds is 4. The molecular weight excluding hydrogens is 112 g/mol. The van der Waals surface area contributed by atoms with Gasteiger partial charge >= 0.3 is 0 Å². The molecule has 0 aliphatic carbocycles. The third-order valence-electron chi connectivity index (χ3n) is 0.913. The number of hydrogen-bond donors (Lipinski definition) is 0. The summed E-state index contributed by atoms with van der Waals surface area (Å²) < 4.78 is 0. The Kier molecular flexibility index (Phi) is 4.41. The highest BCUT2D eigenvalue weighted by atomic mass is 16.1. The van der Waals surface area contributed by atoms with Crippen LogP contribution in [0.25, 0.3) is 0 Å². The Hall–Kier alpha value is -1.11. The van der Waals surface area contributed by atoms with Gasteiger partial charge in [-0.2, -0.15) is 0 Å². The zero-order chi connectivity index (χ0) is 7.11. The van der Waals surface area contributed by atoms with Gasteiger partial charge in [0.05, 0.1) is 0 Å². The summed E-state index contributed by atoms with van der Waals surface area (Å²) in [7, 11) is 0. The largest absolute Gasteiger partial charge is 0.303 e. The van der Waals surface area contributed by atoms with Crippen LogP contribution in [-0.2, 0) is 4.79 Å². The number of carbonyl (C=O) groups excluding carboxylic acids is 1. The topological polar surface area (TPSA) is 17.1 Å². The predicted molar refractivity (Wildman–Crippen MR) is 39.2 cm³/mol. The van der Waals surface area contributed by atoms with Crippen LogP contribution in [0.2, 0.25) is 0 Å². The normalized spacial score (nSPS) is 10.4. The van der Waals surface area contributed by atoms with Gasteiger partial charge in [0.25, 0.3) is 0 Å². The van der Waals surface area contributed by atoms with Gasteiger partial charge in [0.2, 0.25) is 0 Å². The van der Waals surface area contributed by atoms with E-state index in [-0.39, 0.29) is 0 Å². The summed E-state index contributed by atoms with van der Waals surface area (Å²) in [6, 6.07) is 0. The van der Waals surface area contributed by atoms with E-state index in [4.69, 9.17) is 0 Å². The van der Waals surface area contributed by atoms with Crippen molar-refractivity contribution in [2.75, 3.05) is 0 Å². The maximum Gasteiger partial charge on any atom is 0.124 e. The van der Waals surface area contributed by atoms with Gasteiger partial charge in [-0.1, -0.05) is 31.4 Å². The lowest BCUT2D eigenvalue weighted by atomic mass is 10.2. The Morgan fingerprint density at radius 2 is 2.11 bits per heavy atom. The average Bonchev–Trinajstić information content (AvgIpc) is 1.88. The number of aldehydes is 1. The molecule has 0 N–H and O–H groups in total. The van der Waals surface area contributed by atoms with Crippen LogP contribution in [0.4, 0.5) is 0 Å². The van der Waals surface area contributed by atoms with Crippen molar-refractivity contribution in [2.45, 2.75) is 6.42 Å². The standard InChI is InChI=1S/C8H10O/c1-3-5-8(4-2)6-7-9/h3-5,7H,1-2,6H2/b8-5+. The van der Waals surface area contributed by atoms with Crippen LogP contribution >= 0.6 is 0 Å². The molecule has 0 heterocycles. The summed E-state index contributed by atoms with van der Waals surface area (Å²) in [5.74, 6) is 0. The second-order valence-electron chi connectivity index (χ2n) is 1.55. The van der Waals surface area contributed by atoms with E-state index in [2.05, 4.69) is 13.2 Å². The molecule has 0 aromatic heterocycles. The van der Waals surface area contributed by atoms with E-state index in [0.717, 1.165) is 11.9 Å². The smallest absolute Gasteiger partial charge is 0.124 e. The highest BCUT2D eigenvalue weighted by Crippen LogP contribution is 1.98. The SMILES string of the molecule is C=C/C=C(\C=C)CC=O. The van der Waals surface area contributed by atoms with Crippen molar-refractivity contribution in [3.05, 3.63) is 37.0 Å². The van der Waals surface area contributed by atoms with Crippen molar-refractivity contribution in [1.82, 2.24) is 0 Å². The summed E-state index contributed by atoms with van der Waals surface area (Å²) in [6.07, 6.45) is 6.32. The molecule has 0 atom stereocenters. The fraction of sp³-hybridized carbons (Fsp3) is 0.125. The Balaban J connectivity index is 3.95. The van der Waals surface area contributed by atoms with Crippen LogP contribution in [0, 0.1) is 0 Å². The van der Waals surface area contributed by atoms with E-state index >= 15 is 0 Å². The van der Waals surface area contributed by atoms with Crippen molar-refractivity contribution >= 4 is 6.29 Å². The van der Waals surface area contributed by atoms with Gasteiger partial charge in [0, 0.05) is 6.42 Å². The highest BCUT2D eigenvalue weighted by molar-refractivity contribution is 5.56. The number of hydrogen-bond acceptors (Lipinski definition) is 1. The van der Waals surface area contributed by atoms with Crippen molar-refractivity contribution in [2.24, 2.45) is 0 Å². The fourth-order valence-electron chi connectivity index (χ4n) is 0.467. The first-order valence-electron chi connectivity index (χ1n) is 2.72. The molecule has 0 unspecified atom stereocenters. The average molecular weight is 122 g/mol. The summed E-state index contributed by atoms with van der Waals surface area (Å²) in [6.45, 7) is 7.01. The molecule has 0 spiro atoms. The molecule has 0 radical (unpaired) electrons. The minimum Gasteiger partial charge on any atom is -0.303 e. The lowest BCUT2D eigenvalue weighted by Crippen LogP contribution is -1.77. The van der Waals surface area contributed by atoms with E-state index < -0.39 is 0 Å². The van der Waals surface area contributed by atoms with Crippen molar-refractivity contribution in [3.63, 3.8) is 0 Å². The second-order valence-corrected chi connectivity index (χ2v) is 1.55. The zero-order valence-corrected chi connectivity index (χ0v) is 5.34. The Morgan fingerprint density at radius 3 is 2.44 bits per heavy atom. The quantitative estimate of drug-likeness (QED) is 0.411. The van der Waals surface area contributed by atoms with Gasteiger partial charge in [-0.05, 0) is 5.57 Å². The molecule has 0 rings (SSSR count). The molecule has 0 aliphatic rings. The molecule has 48 valence electrons. The van der Waals surface area contributed by atoms with Gasteiger partial charge in [0.15, 0.2) is 0 Å². The first-order chi connectivity index (χ1) is 4.35. The van der Waals surface area contributed by atoms with E-state index in [1.54, 1.807) is 18.2 Å². The molecule has 1 heteroatoms. The molecule has 0 fully saturated rings. The second kappa shape index (κ2) is 5.04. The molecule has 0 aromatic carbocycles. The van der Waals surface area contributed by atoms with E-state index in [1.165, 1.54) is 0 Å². The molecule has 9 heavy (non-hydrogen) atoms. The lowest BCUT2D eigenvalue weighted by molar-refractivity contribution is -0.107. The van der Waals surface area contributed by atoms with Crippen LogP contribution in [0.15, 0.2) is 37.0 Å². The minimum absolute atomic E-state index is 0.426. The fourth-order valence-corrected chi connectivity index (χ4v) is 0.467. The van der Waals surface area contributed by atoms with Gasteiger partial charge in [-0.25, -0.2) is 0 Å². The maximum absolute atomic E-state index is 9.93. The van der Waals surface area contributed by atoms with Gasteiger partial charge in [-0.15, -0.1) is 0 Å². The summed E-state index contributed by atoms with van der Waals surface area (Å²) >= 11 is 0. The molecule has 0 amide bonds. The van der Waals surface area contributed by atoms with Gasteiger partial charge < -0.3 is 4.79 Å². The molecule has 0 bridgehead atoms. The molecular formula is C8H10O. The van der Waals surface area contributed by atoms with E-state index in [0.29, 0.717) is 6.42 Å². The predicted octanol–water partition coefficient (Wildman–Crippen LogP) is 1.87. The lowest BCUT2D eigenvalue weighted by Gasteiger charge is -1.88. The van der Waals surface area contributed by atoms with E-state index in [9.17, 15) is 4.79 Å². The third-order valence-corrected chi connectivity index (χ3v) is 0.913. The van der Waals surface area contributed by atoms with Gasteiger partial charge in [0.1, 0.15) is 6.29 Å². The van der Waals surface area contributed by atoms with Crippen LogP contribution in [0.1, 0.15) is 6.42 Å². The minimum atomic E-state index is 0.426. The maximum atomic E-state index is 9.93.